The number of unbranched alkanes of at least 4 members (excludes halogenated alkanes) is 1. The van der Waals surface area contributed by atoms with E-state index in [1.165, 1.54) is 12.1 Å². The van der Waals surface area contributed by atoms with Gasteiger partial charge < -0.3 is 4.74 Å². The molecular weight excluding hydrogens is 500 g/mol. The van der Waals surface area contributed by atoms with Crippen LogP contribution >= 0.6 is 0 Å². The van der Waals surface area contributed by atoms with Gasteiger partial charge in [-0.1, -0.05) is 61.9 Å². The molecule has 0 unspecified atom stereocenters. The zero-order valence-corrected chi connectivity index (χ0v) is 21.2. The van der Waals surface area contributed by atoms with Crippen molar-refractivity contribution in [1.29, 1.82) is 0 Å². The minimum Gasteiger partial charge on any atom is -0.489 e. The molecule has 0 saturated carbocycles. The van der Waals surface area contributed by atoms with Gasteiger partial charge in [0.15, 0.2) is 5.82 Å². The number of aromatic nitrogens is 7. The first-order valence-corrected chi connectivity index (χ1v) is 12.5. The maximum atomic E-state index is 13.4. The highest BCUT2D eigenvalue weighted by Crippen LogP contribution is 2.23. The normalized spacial score (nSPS) is 11.0. The van der Waals surface area contributed by atoms with Crippen LogP contribution < -0.4 is 10.4 Å². The number of benzene rings is 3. The fourth-order valence-electron chi connectivity index (χ4n) is 4.26. The summed E-state index contributed by atoms with van der Waals surface area (Å²) in [4.78, 5) is 24.4. The van der Waals surface area contributed by atoms with E-state index in [0.29, 0.717) is 30.4 Å². The molecule has 12 nitrogen and oxygen atoms in total. The second-order valence-corrected chi connectivity index (χ2v) is 8.89. The molecule has 0 amide bonds. The van der Waals surface area contributed by atoms with E-state index in [1.54, 1.807) is 16.7 Å². The Hall–Kier alpha value is -5.13. The van der Waals surface area contributed by atoms with Crippen molar-refractivity contribution < 1.29 is 9.66 Å². The van der Waals surface area contributed by atoms with Crippen molar-refractivity contribution in [2.24, 2.45) is 0 Å². The van der Waals surface area contributed by atoms with Crippen LogP contribution in [0.2, 0.25) is 0 Å². The Morgan fingerprint density at radius 2 is 1.79 bits per heavy atom. The van der Waals surface area contributed by atoms with Gasteiger partial charge in [-0.2, -0.15) is 4.68 Å². The number of aromatic amines is 1. The number of para-hydroxylation sites is 2. The fourth-order valence-corrected chi connectivity index (χ4v) is 4.26. The lowest BCUT2D eigenvalue weighted by atomic mass is 10.1. The largest absolute Gasteiger partial charge is 0.489 e. The summed E-state index contributed by atoms with van der Waals surface area (Å²) in [7, 11) is 0. The lowest BCUT2D eigenvalue weighted by Crippen LogP contribution is -2.25. The summed E-state index contributed by atoms with van der Waals surface area (Å²) < 4.78 is 8.70. The molecule has 0 atom stereocenters. The van der Waals surface area contributed by atoms with Gasteiger partial charge in [0, 0.05) is 23.6 Å². The van der Waals surface area contributed by atoms with E-state index in [4.69, 9.17) is 4.74 Å². The van der Waals surface area contributed by atoms with E-state index < -0.39 is 10.6 Å². The van der Waals surface area contributed by atoms with Gasteiger partial charge in [0.05, 0.1) is 11.5 Å². The first kappa shape index (κ1) is 25.5. The zero-order valence-electron chi connectivity index (χ0n) is 21.2. The third kappa shape index (κ3) is 5.59. The summed E-state index contributed by atoms with van der Waals surface area (Å²) in [6.07, 6.45) is 2.35. The Morgan fingerprint density at radius 1 is 1.03 bits per heavy atom. The predicted octanol–water partition coefficient (Wildman–Crippen LogP) is 4.09. The van der Waals surface area contributed by atoms with Crippen LogP contribution in [-0.2, 0) is 19.6 Å². The number of nitrogens with zero attached hydrogens (tertiary/aromatic N) is 7. The number of ether oxygens (including phenoxy) is 1. The number of aryl methyl sites for hydroxylation is 1. The van der Waals surface area contributed by atoms with Crippen LogP contribution in [0.15, 0.2) is 77.6 Å². The van der Waals surface area contributed by atoms with Gasteiger partial charge in [-0.25, -0.2) is 9.89 Å². The van der Waals surface area contributed by atoms with Crippen LogP contribution in [0.3, 0.4) is 0 Å². The van der Waals surface area contributed by atoms with Gasteiger partial charge in [-0.05, 0) is 40.6 Å². The Balaban J connectivity index is 1.36. The molecule has 5 aromatic rings. The molecule has 5 rings (SSSR count). The average molecular weight is 527 g/mol. The van der Waals surface area contributed by atoms with Gasteiger partial charge in [-0.3, -0.25) is 14.7 Å². The molecule has 0 bridgehead atoms. The van der Waals surface area contributed by atoms with Crippen molar-refractivity contribution in [3.63, 3.8) is 0 Å². The van der Waals surface area contributed by atoms with Crippen LogP contribution in [-0.4, -0.2) is 39.9 Å². The first-order valence-electron chi connectivity index (χ1n) is 12.5. The Bertz CT molecular complexity index is 1620. The zero-order chi connectivity index (χ0) is 27.2. The molecule has 2 aromatic heterocycles. The lowest BCUT2D eigenvalue weighted by molar-refractivity contribution is -0.384. The van der Waals surface area contributed by atoms with E-state index >= 15 is 0 Å². The lowest BCUT2D eigenvalue weighted by Gasteiger charge is -2.10. The summed E-state index contributed by atoms with van der Waals surface area (Å²) in [6.45, 7) is 2.65. The molecule has 39 heavy (non-hydrogen) atoms. The Morgan fingerprint density at radius 3 is 2.54 bits per heavy atom. The number of nitro groups is 1. The van der Waals surface area contributed by atoms with E-state index in [9.17, 15) is 14.9 Å². The number of nitrogens with one attached hydrogen (secondary N) is 1. The smallest absolute Gasteiger partial charge is 0.351 e. The van der Waals surface area contributed by atoms with Crippen LogP contribution in [0.5, 0.6) is 5.75 Å². The Kier molecular flexibility index (Phi) is 7.53. The van der Waals surface area contributed by atoms with Gasteiger partial charge in [-0.15, -0.1) is 10.2 Å². The van der Waals surface area contributed by atoms with Crippen molar-refractivity contribution in [3.8, 4) is 22.8 Å². The van der Waals surface area contributed by atoms with Crippen LogP contribution in [0.4, 0.5) is 5.69 Å². The SMILES string of the molecule is CCCCc1nn(-c2ccccc2[N+](=O)[O-])c(=O)n1Cc1ccc(OCc2ccccc2-c2nnn[nH]2)cc1. The molecule has 3 aromatic carbocycles. The molecule has 1 N–H and O–H groups in total. The van der Waals surface area contributed by atoms with Crippen molar-refractivity contribution in [2.75, 3.05) is 0 Å². The summed E-state index contributed by atoms with van der Waals surface area (Å²) in [6, 6.07) is 21.3. The maximum Gasteiger partial charge on any atom is 0.351 e. The molecule has 0 radical (unpaired) electrons. The van der Waals surface area contributed by atoms with Gasteiger partial charge in [0.1, 0.15) is 23.9 Å². The number of hydrogen-bond donors (Lipinski definition) is 1. The highest BCUT2D eigenvalue weighted by Gasteiger charge is 2.21. The van der Waals surface area contributed by atoms with Crippen LogP contribution in [0.1, 0.15) is 36.7 Å². The highest BCUT2D eigenvalue weighted by atomic mass is 16.6. The van der Waals surface area contributed by atoms with Crippen molar-refractivity contribution in [2.45, 2.75) is 39.3 Å². The molecule has 0 spiro atoms. The van der Waals surface area contributed by atoms with Crippen molar-refractivity contribution >= 4 is 5.69 Å². The highest BCUT2D eigenvalue weighted by molar-refractivity contribution is 5.59. The monoisotopic (exact) mass is 526 g/mol. The number of hydrogen-bond acceptors (Lipinski definition) is 8. The predicted molar refractivity (Wildman–Crippen MR) is 143 cm³/mol. The topological polar surface area (TPSA) is 147 Å². The number of tetrazole rings is 1. The van der Waals surface area contributed by atoms with E-state index in [2.05, 4.69) is 32.6 Å². The quantitative estimate of drug-likeness (QED) is 0.200. The molecule has 0 aliphatic carbocycles. The molecule has 198 valence electrons. The molecular formula is C27H26N8O4. The van der Waals surface area contributed by atoms with Crippen molar-refractivity contribution in [1.82, 2.24) is 35.0 Å². The van der Waals surface area contributed by atoms with Gasteiger partial charge >= 0.3 is 5.69 Å². The average Bonchev–Trinajstić information content (AvgIpc) is 3.60. The first-order chi connectivity index (χ1) is 19.0. The maximum absolute atomic E-state index is 13.4. The Labute approximate surface area is 223 Å². The van der Waals surface area contributed by atoms with Gasteiger partial charge in [0.25, 0.3) is 5.69 Å². The minimum absolute atomic E-state index is 0.147. The molecule has 0 aliphatic rings. The molecule has 2 heterocycles. The summed E-state index contributed by atoms with van der Waals surface area (Å²) >= 11 is 0. The second kappa shape index (κ2) is 11.5. The van der Waals surface area contributed by atoms with Crippen LogP contribution in [0, 0.1) is 10.1 Å². The van der Waals surface area contributed by atoms with E-state index in [-0.39, 0.29) is 17.9 Å². The van der Waals surface area contributed by atoms with E-state index in [1.807, 2.05) is 48.5 Å². The molecule has 12 heteroatoms. The van der Waals surface area contributed by atoms with Gasteiger partial charge in [0.2, 0.25) is 0 Å². The summed E-state index contributed by atoms with van der Waals surface area (Å²) in [5, 5.41) is 30.1. The van der Waals surface area contributed by atoms with Crippen molar-refractivity contribution in [3.05, 3.63) is 110 Å². The standard InChI is InChI=1S/C27H26N8O4/c1-2-3-12-25-30-34(23-10-6-7-11-24(23)35(37)38)27(36)33(25)17-19-13-15-21(16-14-19)39-18-20-8-4-5-9-22(20)26-28-31-32-29-26/h4-11,13-16H,2-3,12,17-18H2,1H3,(H,28,29,31,32). The van der Waals surface area contributed by atoms with E-state index in [0.717, 1.165) is 34.2 Å². The molecule has 0 aliphatic heterocycles. The minimum atomic E-state index is -0.508. The third-order valence-corrected chi connectivity index (χ3v) is 6.28. The molecule has 0 saturated heterocycles. The number of rotatable bonds is 11. The summed E-state index contributed by atoms with van der Waals surface area (Å²) in [5.74, 6) is 1.81. The fraction of sp³-hybridized carbons (Fsp3) is 0.222. The molecule has 0 fully saturated rings. The number of H-pyrrole nitrogens is 1. The summed E-state index contributed by atoms with van der Waals surface area (Å²) in [5.41, 5.74) is 2.21. The van der Waals surface area contributed by atoms with Crippen LogP contribution in [0.25, 0.3) is 17.1 Å². The third-order valence-electron chi connectivity index (χ3n) is 6.28. The number of nitro benzene ring substituents is 1. The second-order valence-electron chi connectivity index (χ2n) is 8.89.